The van der Waals surface area contributed by atoms with E-state index in [1.54, 1.807) is 0 Å². The zero-order valence-electron chi connectivity index (χ0n) is 19.3. The van der Waals surface area contributed by atoms with Crippen molar-refractivity contribution < 1.29 is 9.59 Å². The Labute approximate surface area is 191 Å². The van der Waals surface area contributed by atoms with E-state index in [0.717, 1.165) is 50.1 Å². The summed E-state index contributed by atoms with van der Waals surface area (Å²) in [5.74, 6) is 0.565. The van der Waals surface area contributed by atoms with Crippen molar-refractivity contribution in [2.45, 2.75) is 45.6 Å². The molecule has 32 heavy (non-hydrogen) atoms. The van der Waals surface area contributed by atoms with Crippen LogP contribution >= 0.6 is 0 Å². The number of carbonyl (C=O) groups excluding carboxylic acids is 2. The van der Waals surface area contributed by atoms with Crippen LogP contribution in [-0.2, 0) is 11.3 Å². The van der Waals surface area contributed by atoms with Gasteiger partial charge in [-0.1, -0.05) is 56.3 Å². The first-order chi connectivity index (χ1) is 15.5. The van der Waals surface area contributed by atoms with Crippen molar-refractivity contribution >= 4 is 17.6 Å². The van der Waals surface area contributed by atoms with E-state index in [9.17, 15) is 9.59 Å². The van der Waals surface area contributed by atoms with Crippen LogP contribution in [-0.4, -0.2) is 43.0 Å². The SMILES string of the molecule is CC(C)C(=O)Nc1cccc(C2CCN(CCCNC(=O)NCc3ccccc3)CC2)c1. The van der Waals surface area contributed by atoms with Crippen LogP contribution in [0, 0.1) is 5.92 Å². The van der Waals surface area contributed by atoms with Crippen molar-refractivity contribution in [3.63, 3.8) is 0 Å². The first kappa shape index (κ1) is 23.8. The zero-order chi connectivity index (χ0) is 22.8. The average molecular weight is 437 g/mol. The minimum absolute atomic E-state index is 0.0219. The summed E-state index contributed by atoms with van der Waals surface area (Å²) in [6.45, 7) is 8.15. The third-order valence-corrected chi connectivity index (χ3v) is 5.97. The fourth-order valence-electron chi connectivity index (χ4n) is 3.99. The molecule has 0 aliphatic carbocycles. The number of likely N-dealkylation sites (tertiary alicyclic amines) is 1. The summed E-state index contributed by atoms with van der Waals surface area (Å²) in [4.78, 5) is 26.4. The molecule has 0 atom stereocenters. The van der Waals surface area contributed by atoms with Crippen molar-refractivity contribution in [1.29, 1.82) is 0 Å². The highest BCUT2D eigenvalue weighted by Crippen LogP contribution is 2.29. The first-order valence-corrected chi connectivity index (χ1v) is 11.7. The Hall–Kier alpha value is -2.86. The summed E-state index contributed by atoms with van der Waals surface area (Å²) in [5, 5.41) is 8.84. The molecule has 1 saturated heterocycles. The summed E-state index contributed by atoms with van der Waals surface area (Å²) in [6.07, 6.45) is 3.18. The van der Waals surface area contributed by atoms with Gasteiger partial charge in [-0.15, -0.1) is 0 Å². The van der Waals surface area contributed by atoms with Crippen molar-refractivity contribution in [2.75, 3.05) is 31.5 Å². The minimum Gasteiger partial charge on any atom is -0.338 e. The molecule has 0 aromatic heterocycles. The molecular weight excluding hydrogens is 400 g/mol. The molecule has 3 amide bonds. The van der Waals surface area contributed by atoms with Gasteiger partial charge in [-0.25, -0.2) is 4.79 Å². The van der Waals surface area contributed by atoms with Gasteiger partial charge in [-0.3, -0.25) is 4.79 Å². The number of amides is 3. The van der Waals surface area contributed by atoms with Crippen LogP contribution < -0.4 is 16.0 Å². The van der Waals surface area contributed by atoms with E-state index in [4.69, 9.17) is 0 Å². The minimum atomic E-state index is -0.114. The molecule has 6 nitrogen and oxygen atoms in total. The van der Waals surface area contributed by atoms with Gasteiger partial charge >= 0.3 is 6.03 Å². The van der Waals surface area contributed by atoms with Gasteiger partial charge in [0.2, 0.25) is 5.91 Å². The molecule has 6 heteroatoms. The van der Waals surface area contributed by atoms with Crippen molar-refractivity contribution in [3.05, 3.63) is 65.7 Å². The third-order valence-electron chi connectivity index (χ3n) is 5.97. The van der Waals surface area contributed by atoms with E-state index >= 15 is 0 Å². The molecule has 172 valence electrons. The van der Waals surface area contributed by atoms with E-state index in [1.165, 1.54) is 5.56 Å². The molecule has 3 rings (SSSR count). The van der Waals surface area contributed by atoms with Gasteiger partial charge < -0.3 is 20.9 Å². The van der Waals surface area contributed by atoms with Gasteiger partial charge in [0.15, 0.2) is 0 Å². The highest BCUT2D eigenvalue weighted by atomic mass is 16.2. The summed E-state index contributed by atoms with van der Waals surface area (Å²) in [7, 11) is 0. The summed E-state index contributed by atoms with van der Waals surface area (Å²) < 4.78 is 0. The van der Waals surface area contributed by atoms with Crippen molar-refractivity contribution in [3.8, 4) is 0 Å². The monoisotopic (exact) mass is 436 g/mol. The van der Waals surface area contributed by atoms with Crippen LogP contribution in [0.3, 0.4) is 0 Å². The Kier molecular flexibility index (Phi) is 9.11. The number of piperidine rings is 1. The number of nitrogens with one attached hydrogen (secondary N) is 3. The van der Waals surface area contributed by atoms with E-state index in [0.29, 0.717) is 19.0 Å². The lowest BCUT2D eigenvalue weighted by molar-refractivity contribution is -0.118. The van der Waals surface area contributed by atoms with Crippen LogP contribution in [0.15, 0.2) is 54.6 Å². The maximum Gasteiger partial charge on any atom is 0.315 e. The van der Waals surface area contributed by atoms with Gasteiger partial charge in [-0.05, 0) is 68.1 Å². The Morgan fingerprint density at radius 1 is 1.00 bits per heavy atom. The molecule has 3 N–H and O–H groups in total. The predicted molar refractivity (Wildman–Crippen MR) is 130 cm³/mol. The maximum absolute atomic E-state index is 12.0. The number of urea groups is 1. The van der Waals surface area contributed by atoms with Gasteiger partial charge in [0.05, 0.1) is 0 Å². The fourth-order valence-corrected chi connectivity index (χ4v) is 3.99. The van der Waals surface area contributed by atoms with Gasteiger partial charge in [0.1, 0.15) is 0 Å². The average Bonchev–Trinajstić information content (AvgIpc) is 2.81. The number of benzene rings is 2. The lowest BCUT2D eigenvalue weighted by Crippen LogP contribution is -2.38. The zero-order valence-corrected chi connectivity index (χ0v) is 19.3. The Bertz CT molecular complexity index is 861. The molecule has 1 aliphatic heterocycles. The quantitative estimate of drug-likeness (QED) is 0.512. The summed E-state index contributed by atoms with van der Waals surface area (Å²) in [5.41, 5.74) is 3.29. The van der Waals surface area contributed by atoms with Crippen LogP contribution in [0.1, 0.15) is 50.2 Å². The number of hydrogen-bond acceptors (Lipinski definition) is 3. The molecule has 0 bridgehead atoms. The molecule has 0 unspecified atom stereocenters. The van der Waals surface area contributed by atoms with Crippen LogP contribution in [0.5, 0.6) is 0 Å². The second-order valence-electron chi connectivity index (χ2n) is 8.83. The maximum atomic E-state index is 12.0. The summed E-state index contributed by atoms with van der Waals surface area (Å²) in [6, 6.07) is 18.1. The topological polar surface area (TPSA) is 73.5 Å². The predicted octanol–water partition coefficient (Wildman–Crippen LogP) is 4.35. The van der Waals surface area contributed by atoms with Crippen LogP contribution in [0.2, 0.25) is 0 Å². The third kappa shape index (κ3) is 7.68. The van der Waals surface area contributed by atoms with Crippen molar-refractivity contribution in [2.24, 2.45) is 5.92 Å². The molecular formula is C26H36N4O2. The van der Waals surface area contributed by atoms with E-state index < -0.39 is 0 Å². The molecule has 1 heterocycles. The second-order valence-corrected chi connectivity index (χ2v) is 8.83. The van der Waals surface area contributed by atoms with E-state index in [1.807, 2.05) is 56.3 Å². The largest absolute Gasteiger partial charge is 0.338 e. The lowest BCUT2D eigenvalue weighted by Gasteiger charge is -2.32. The standard InChI is InChI=1S/C26H36N4O2/c1-20(2)25(31)29-24-11-6-10-23(18-24)22-12-16-30(17-13-22)15-7-14-27-26(32)28-19-21-8-4-3-5-9-21/h3-6,8-11,18,20,22H,7,12-17,19H2,1-2H3,(H,29,31)(H2,27,28,32). The molecule has 1 aliphatic rings. The van der Waals surface area contributed by atoms with Crippen LogP contribution in [0.25, 0.3) is 0 Å². The number of nitrogens with zero attached hydrogens (tertiary/aromatic N) is 1. The number of anilines is 1. The molecule has 1 fully saturated rings. The molecule has 0 radical (unpaired) electrons. The van der Waals surface area contributed by atoms with Gasteiger partial charge in [0.25, 0.3) is 0 Å². The molecule has 0 spiro atoms. The highest BCUT2D eigenvalue weighted by Gasteiger charge is 2.20. The summed E-state index contributed by atoms with van der Waals surface area (Å²) >= 11 is 0. The highest BCUT2D eigenvalue weighted by molar-refractivity contribution is 5.92. The first-order valence-electron chi connectivity index (χ1n) is 11.7. The second kappa shape index (κ2) is 12.2. The van der Waals surface area contributed by atoms with Crippen molar-refractivity contribution in [1.82, 2.24) is 15.5 Å². The van der Waals surface area contributed by atoms with Gasteiger partial charge in [-0.2, -0.15) is 0 Å². The Balaban J connectivity index is 1.32. The van der Waals surface area contributed by atoms with E-state index in [-0.39, 0.29) is 17.9 Å². The number of carbonyl (C=O) groups is 2. The molecule has 2 aromatic rings. The smallest absolute Gasteiger partial charge is 0.315 e. The number of hydrogen-bond donors (Lipinski definition) is 3. The Morgan fingerprint density at radius 3 is 2.47 bits per heavy atom. The molecule has 0 saturated carbocycles. The van der Waals surface area contributed by atoms with E-state index in [2.05, 4.69) is 33.0 Å². The van der Waals surface area contributed by atoms with Crippen LogP contribution in [0.4, 0.5) is 10.5 Å². The Morgan fingerprint density at radius 2 is 1.75 bits per heavy atom. The number of rotatable bonds is 9. The fraction of sp³-hybridized carbons (Fsp3) is 0.462. The normalized spacial score (nSPS) is 14.8. The van der Waals surface area contributed by atoms with Gasteiger partial charge in [0, 0.05) is 24.7 Å². The lowest BCUT2D eigenvalue weighted by atomic mass is 9.89. The molecule has 2 aromatic carbocycles.